The molecule has 1 aliphatic rings. The monoisotopic (exact) mass is 359 g/mol. The van der Waals surface area contributed by atoms with Gasteiger partial charge >= 0.3 is 5.91 Å². The minimum atomic E-state index is -1.29. The van der Waals surface area contributed by atoms with Gasteiger partial charge in [-0.2, -0.15) is 0 Å². The zero-order chi connectivity index (χ0) is 18.7. The van der Waals surface area contributed by atoms with Gasteiger partial charge in [0.05, 0.1) is 0 Å². The minimum absolute atomic E-state index is 0.669. The van der Waals surface area contributed by atoms with Crippen molar-refractivity contribution in [3.63, 3.8) is 0 Å². The third kappa shape index (κ3) is 2.88. The second-order valence-electron chi connectivity index (χ2n) is 6.27. The smallest absolute Gasteiger partial charge is 0.301 e. The second kappa shape index (κ2) is 7.08. The van der Waals surface area contributed by atoms with Crippen LogP contribution in [0.5, 0.6) is 0 Å². The van der Waals surface area contributed by atoms with E-state index in [2.05, 4.69) is 0 Å². The largest absolute Gasteiger partial charge is 0.344 e. The Morgan fingerprint density at radius 1 is 0.667 bits per heavy atom. The molecule has 0 saturated heterocycles. The zero-order valence-electron chi connectivity index (χ0n) is 15.3. The minimum Gasteiger partial charge on any atom is -0.344 e. The summed E-state index contributed by atoms with van der Waals surface area (Å²) in [5.41, 5.74) is 3.24. The summed E-state index contributed by atoms with van der Waals surface area (Å²) in [5, 5.41) is 0. The number of aliphatic imine (C=N–C) groups is 1. The molecule has 3 aromatic carbocycles. The van der Waals surface area contributed by atoms with Gasteiger partial charge in [0.1, 0.15) is 5.71 Å². The number of ether oxygens (including phenoxy) is 3. The fourth-order valence-electron chi connectivity index (χ4n) is 3.42. The van der Waals surface area contributed by atoms with Gasteiger partial charge in [0.25, 0.3) is 0 Å². The average molecular weight is 359 g/mol. The lowest BCUT2D eigenvalue weighted by atomic mass is 9.95. The van der Waals surface area contributed by atoms with Crippen molar-refractivity contribution in [1.29, 1.82) is 0 Å². The summed E-state index contributed by atoms with van der Waals surface area (Å²) in [6.45, 7) is 0. The molecule has 27 heavy (non-hydrogen) atoms. The normalized spacial score (nSPS) is 24.6. The molecular formula is C23H21NO3. The SMILES string of the molecule is CO[C@]1(c2ccccc2)N=C(c2ccccc2)[C@](OC)(c2ccccc2)O1. The van der Waals surface area contributed by atoms with Crippen LogP contribution in [0.1, 0.15) is 16.7 Å². The van der Waals surface area contributed by atoms with E-state index in [4.69, 9.17) is 19.2 Å². The average Bonchev–Trinajstić information content (AvgIpc) is 3.13. The van der Waals surface area contributed by atoms with Gasteiger partial charge in [0, 0.05) is 30.9 Å². The van der Waals surface area contributed by atoms with Gasteiger partial charge < -0.3 is 9.47 Å². The number of hydrogen-bond donors (Lipinski definition) is 0. The molecule has 136 valence electrons. The van der Waals surface area contributed by atoms with E-state index in [1.54, 1.807) is 14.2 Å². The van der Waals surface area contributed by atoms with Crippen LogP contribution in [0, 0.1) is 0 Å². The topological polar surface area (TPSA) is 40.0 Å². The highest BCUT2D eigenvalue weighted by Gasteiger charge is 2.55. The van der Waals surface area contributed by atoms with E-state index >= 15 is 0 Å². The van der Waals surface area contributed by atoms with Crippen molar-refractivity contribution in [3.8, 4) is 0 Å². The summed E-state index contributed by atoms with van der Waals surface area (Å²) in [5.74, 6) is -2.48. The molecule has 4 nitrogen and oxygen atoms in total. The molecule has 0 fully saturated rings. The Balaban J connectivity index is 1.96. The number of rotatable bonds is 5. The molecule has 3 aromatic rings. The summed E-state index contributed by atoms with van der Waals surface area (Å²) in [6, 6.07) is 29.4. The van der Waals surface area contributed by atoms with Crippen LogP contribution >= 0.6 is 0 Å². The molecule has 0 N–H and O–H groups in total. The van der Waals surface area contributed by atoms with Crippen molar-refractivity contribution < 1.29 is 14.2 Å². The predicted octanol–water partition coefficient (Wildman–Crippen LogP) is 4.46. The van der Waals surface area contributed by atoms with Crippen LogP contribution in [0.2, 0.25) is 0 Å². The van der Waals surface area contributed by atoms with E-state index in [9.17, 15) is 0 Å². The molecule has 0 bridgehead atoms. The van der Waals surface area contributed by atoms with Crippen LogP contribution < -0.4 is 0 Å². The van der Waals surface area contributed by atoms with E-state index in [1.807, 2.05) is 91.0 Å². The van der Waals surface area contributed by atoms with E-state index < -0.39 is 11.7 Å². The van der Waals surface area contributed by atoms with Crippen LogP contribution in [0.25, 0.3) is 0 Å². The first-order valence-corrected chi connectivity index (χ1v) is 8.81. The lowest BCUT2D eigenvalue weighted by Gasteiger charge is -2.33. The second-order valence-corrected chi connectivity index (χ2v) is 6.27. The van der Waals surface area contributed by atoms with Crippen LogP contribution in [0.3, 0.4) is 0 Å². The first-order valence-electron chi connectivity index (χ1n) is 8.81. The summed E-state index contributed by atoms with van der Waals surface area (Å²) < 4.78 is 18.3. The predicted molar refractivity (Wildman–Crippen MR) is 104 cm³/mol. The zero-order valence-corrected chi connectivity index (χ0v) is 15.3. The fourth-order valence-corrected chi connectivity index (χ4v) is 3.42. The maximum Gasteiger partial charge on any atom is 0.301 e. The number of methoxy groups -OCH3 is 2. The van der Waals surface area contributed by atoms with Crippen LogP contribution in [-0.4, -0.2) is 19.9 Å². The Morgan fingerprint density at radius 3 is 1.70 bits per heavy atom. The first kappa shape index (κ1) is 17.6. The van der Waals surface area contributed by atoms with Gasteiger partial charge in [-0.15, -0.1) is 0 Å². The Morgan fingerprint density at radius 2 is 1.19 bits per heavy atom. The molecule has 0 aliphatic carbocycles. The van der Waals surface area contributed by atoms with Crippen molar-refractivity contribution in [3.05, 3.63) is 108 Å². The van der Waals surface area contributed by atoms with Gasteiger partial charge in [-0.3, -0.25) is 4.74 Å². The van der Waals surface area contributed by atoms with Crippen molar-refractivity contribution in [1.82, 2.24) is 0 Å². The highest BCUT2D eigenvalue weighted by Crippen LogP contribution is 2.47. The van der Waals surface area contributed by atoms with E-state index in [0.29, 0.717) is 5.71 Å². The molecule has 1 heterocycles. The Hall–Kier alpha value is -2.79. The van der Waals surface area contributed by atoms with Gasteiger partial charge in [-0.1, -0.05) is 91.0 Å². The van der Waals surface area contributed by atoms with E-state index in [-0.39, 0.29) is 0 Å². The lowest BCUT2D eigenvalue weighted by Crippen LogP contribution is -2.41. The molecule has 0 spiro atoms. The highest BCUT2D eigenvalue weighted by atomic mass is 16.8. The van der Waals surface area contributed by atoms with Crippen molar-refractivity contribution in [2.24, 2.45) is 4.99 Å². The van der Waals surface area contributed by atoms with Crippen molar-refractivity contribution in [2.45, 2.75) is 11.7 Å². The van der Waals surface area contributed by atoms with Crippen LogP contribution in [0.4, 0.5) is 0 Å². The number of hydrogen-bond acceptors (Lipinski definition) is 4. The lowest BCUT2D eigenvalue weighted by molar-refractivity contribution is -0.315. The summed E-state index contributed by atoms with van der Waals surface area (Å²) in [7, 11) is 3.22. The molecule has 2 atom stereocenters. The van der Waals surface area contributed by atoms with Crippen molar-refractivity contribution >= 4 is 5.71 Å². The third-order valence-electron chi connectivity index (χ3n) is 4.76. The summed E-state index contributed by atoms with van der Waals surface area (Å²) >= 11 is 0. The van der Waals surface area contributed by atoms with Gasteiger partial charge in [-0.05, 0) is 0 Å². The maximum absolute atomic E-state index is 6.53. The van der Waals surface area contributed by atoms with E-state index in [0.717, 1.165) is 16.7 Å². The number of nitrogens with zero attached hydrogens (tertiary/aromatic N) is 1. The molecule has 0 unspecified atom stereocenters. The van der Waals surface area contributed by atoms with E-state index in [1.165, 1.54) is 0 Å². The molecular weight excluding hydrogens is 338 g/mol. The Labute approximate surface area is 159 Å². The Bertz CT molecular complexity index is 928. The van der Waals surface area contributed by atoms with Gasteiger partial charge in [0.2, 0.25) is 5.79 Å². The molecule has 0 aromatic heterocycles. The van der Waals surface area contributed by atoms with Crippen LogP contribution in [-0.2, 0) is 25.9 Å². The molecule has 4 heteroatoms. The molecule has 0 saturated carbocycles. The van der Waals surface area contributed by atoms with Crippen molar-refractivity contribution in [2.75, 3.05) is 14.2 Å². The molecule has 0 radical (unpaired) electrons. The molecule has 4 rings (SSSR count). The standard InChI is InChI=1S/C23H21NO3/c1-25-22(19-14-8-4-9-15-19)21(18-12-6-3-7-13-18)24-23(26-2,27-22)20-16-10-5-11-17-20/h3-17H,1-2H3/t22-,23-/m0/s1. The maximum atomic E-state index is 6.53. The van der Waals surface area contributed by atoms with Crippen LogP contribution in [0.15, 0.2) is 96.0 Å². The third-order valence-corrected chi connectivity index (χ3v) is 4.76. The molecule has 1 aliphatic heterocycles. The first-order chi connectivity index (χ1) is 13.2. The quantitative estimate of drug-likeness (QED) is 0.675. The number of benzene rings is 3. The fraction of sp³-hybridized carbons (Fsp3) is 0.174. The van der Waals surface area contributed by atoms with Gasteiger partial charge in [0.15, 0.2) is 0 Å². The van der Waals surface area contributed by atoms with Gasteiger partial charge in [-0.25, -0.2) is 4.99 Å². The highest BCUT2D eigenvalue weighted by molar-refractivity contribution is 6.07. The molecule has 0 amide bonds. The summed E-state index contributed by atoms with van der Waals surface area (Å²) in [6.07, 6.45) is 0. The summed E-state index contributed by atoms with van der Waals surface area (Å²) in [4.78, 5) is 4.93. The Kier molecular flexibility index (Phi) is 4.62.